The fourth-order valence-corrected chi connectivity index (χ4v) is 2.89. The van der Waals surface area contributed by atoms with E-state index >= 15 is 0 Å². The molecular weight excluding hydrogens is 293 g/mol. The maximum absolute atomic E-state index is 13.1. The fourth-order valence-electron chi connectivity index (χ4n) is 2.26. The Morgan fingerprint density at radius 2 is 1.90 bits per heavy atom. The number of anilines is 1. The predicted octanol–water partition coefficient (Wildman–Crippen LogP) is 2.77. The van der Waals surface area contributed by atoms with Gasteiger partial charge >= 0.3 is 0 Å². The van der Waals surface area contributed by atoms with E-state index in [1.807, 2.05) is 0 Å². The largest absolute Gasteiger partial charge is 0.482 e. The summed E-state index contributed by atoms with van der Waals surface area (Å²) in [6.45, 7) is 0.495. The molecule has 1 aliphatic rings. The number of nitrogens with one attached hydrogen (secondary N) is 1. The van der Waals surface area contributed by atoms with Crippen LogP contribution in [0.1, 0.15) is 11.7 Å². The van der Waals surface area contributed by atoms with Crippen molar-refractivity contribution in [3.8, 4) is 5.75 Å². The van der Waals surface area contributed by atoms with Gasteiger partial charge in [-0.15, -0.1) is 0 Å². The minimum absolute atomic E-state index is 0.239. The number of fused-ring (bicyclic) bond motifs is 1. The van der Waals surface area contributed by atoms with Gasteiger partial charge in [0.25, 0.3) is 0 Å². The van der Waals surface area contributed by atoms with Crippen molar-refractivity contribution in [2.75, 3.05) is 18.1 Å². The highest BCUT2D eigenvalue weighted by Crippen LogP contribution is 2.34. The molecule has 0 spiro atoms. The molecule has 1 unspecified atom stereocenters. The zero-order valence-corrected chi connectivity index (χ0v) is 12.2. The molecule has 3 rings (SSSR count). The van der Waals surface area contributed by atoms with Gasteiger partial charge in [0.2, 0.25) is 0 Å². The maximum Gasteiger partial charge on any atom is 0.175 e. The van der Waals surface area contributed by atoms with Gasteiger partial charge in [0.05, 0.1) is 17.1 Å². The van der Waals surface area contributed by atoms with E-state index in [0.717, 1.165) is 5.56 Å². The highest BCUT2D eigenvalue weighted by atomic mass is 32.2. The third-order valence-electron chi connectivity index (χ3n) is 3.37. The minimum atomic E-state index is -3.20. The van der Waals surface area contributed by atoms with Gasteiger partial charge in [-0.25, -0.2) is 12.8 Å². The van der Waals surface area contributed by atoms with Crippen molar-refractivity contribution in [3.63, 3.8) is 0 Å². The highest BCUT2D eigenvalue weighted by Gasteiger charge is 2.21. The summed E-state index contributed by atoms with van der Waals surface area (Å²) in [5, 5.41) is 3.11. The molecule has 6 heteroatoms. The van der Waals surface area contributed by atoms with E-state index in [1.54, 1.807) is 30.3 Å². The SMILES string of the molecule is CS(=O)(=O)c1ccc(C2CNc3cc(F)ccc3O2)cc1. The van der Waals surface area contributed by atoms with Gasteiger partial charge in [-0.3, -0.25) is 0 Å². The highest BCUT2D eigenvalue weighted by molar-refractivity contribution is 7.90. The van der Waals surface area contributed by atoms with Gasteiger partial charge in [0, 0.05) is 12.3 Å². The molecule has 0 saturated heterocycles. The summed E-state index contributed by atoms with van der Waals surface area (Å²) in [6, 6.07) is 10.9. The van der Waals surface area contributed by atoms with Gasteiger partial charge in [0.15, 0.2) is 9.84 Å². The molecule has 110 valence electrons. The lowest BCUT2D eigenvalue weighted by atomic mass is 10.1. The Balaban J connectivity index is 1.84. The topological polar surface area (TPSA) is 55.4 Å². The molecule has 2 aromatic rings. The monoisotopic (exact) mass is 307 g/mol. The Labute approximate surface area is 122 Å². The fraction of sp³-hybridized carbons (Fsp3) is 0.200. The van der Waals surface area contributed by atoms with E-state index in [2.05, 4.69) is 5.32 Å². The second kappa shape index (κ2) is 5.04. The number of sulfone groups is 1. The van der Waals surface area contributed by atoms with Crippen LogP contribution in [0.5, 0.6) is 5.75 Å². The average Bonchev–Trinajstić information content (AvgIpc) is 2.46. The van der Waals surface area contributed by atoms with Crippen LogP contribution in [0.4, 0.5) is 10.1 Å². The van der Waals surface area contributed by atoms with Crippen LogP contribution in [0, 0.1) is 5.82 Å². The van der Waals surface area contributed by atoms with Crippen LogP contribution in [0.25, 0.3) is 0 Å². The van der Waals surface area contributed by atoms with E-state index in [-0.39, 0.29) is 16.8 Å². The molecule has 21 heavy (non-hydrogen) atoms. The van der Waals surface area contributed by atoms with Crippen molar-refractivity contribution in [1.29, 1.82) is 0 Å². The third-order valence-corrected chi connectivity index (χ3v) is 4.50. The molecule has 4 nitrogen and oxygen atoms in total. The van der Waals surface area contributed by atoms with Crippen LogP contribution in [-0.4, -0.2) is 21.2 Å². The third kappa shape index (κ3) is 2.85. The summed E-state index contributed by atoms with van der Waals surface area (Å²) in [5.41, 5.74) is 1.49. The van der Waals surface area contributed by atoms with Crippen LogP contribution in [0.15, 0.2) is 47.4 Å². The average molecular weight is 307 g/mol. The summed E-state index contributed by atoms with van der Waals surface area (Å²) < 4.78 is 41.8. The minimum Gasteiger partial charge on any atom is -0.482 e. The summed E-state index contributed by atoms with van der Waals surface area (Å²) >= 11 is 0. The van der Waals surface area contributed by atoms with E-state index in [1.165, 1.54) is 18.4 Å². The number of hydrogen-bond donors (Lipinski definition) is 1. The number of rotatable bonds is 2. The Morgan fingerprint density at radius 1 is 1.19 bits per heavy atom. The van der Waals surface area contributed by atoms with E-state index in [4.69, 9.17) is 4.74 Å². The van der Waals surface area contributed by atoms with Gasteiger partial charge in [-0.2, -0.15) is 0 Å². The summed E-state index contributed by atoms with van der Waals surface area (Å²) in [4.78, 5) is 0.275. The lowest BCUT2D eigenvalue weighted by Gasteiger charge is -2.27. The lowest BCUT2D eigenvalue weighted by Crippen LogP contribution is -2.23. The van der Waals surface area contributed by atoms with Crippen molar-refractivity contribution in [2.24, 2.45) is 0 Å². The molecule has 1 aliphatic heterocycles. The smallest absolute Gasteiger partial charge is 0.175 e. The van der Waals surface area contributed by atoms with Crippen LogP contribution < -0.4 is 10.1 Å². The zero-order chi connectivity index (χ0) is 15.0. The molecule has 2 aromatic carbocycles. The number of halogens is 1. The molecule has 0 aromatic heterocycles. The van der Waals surface area contributed by atoms with Crippen molar-refractivity contribution in [3.05, 3.63) is 53.8 Å². The molecule has 0 bridgehead atoms. The van der Waals surface area contributed by atoms with Crippen LogP contribution in [0.2, 0.25) is 0 Å². The first-order valence-electron chi connectivity index (χ1n) is 6.43. The first-order chi connectivity index (χ1) is 9.93. The van der Waals surface area contributed by atoms with E-state index < -0.39 is 9.84 Å². The molecule has 1 atom stereocenters. The van der Waals surface area contributed by atoms with E-state index in [0.29, 0.717) is 18.0 Å². The maximum atomic E-state index is 13.1. The van der Waals surface area contributed by atoms with Crippen molar-refractivity contribution >= 4 is 15.5 Å². The summed E-state index contributed by atoms with van der Waals surface area (Å²) in [7, 11) is -3.20. The van der Waals surface area contributed by atoms with E-state index in [9.17, 15) is 12.8 Å². The Kier molecular flexibility index (Phi) is 3.33. The van der Waals surface area contributed by atoms with Crippen LogP contribution >= 0.6 is 0 Å². The Hall–Kier alpha value is -2.08. The number of hydrogen-bond acceptors (Lipinski definition) is 4. The second-order valence-electron chi connectivity index (χ2n) is 4.97. The van der Waals surface area contributed by atoms with Crippen molar-refractivity contribution in [1.82, 2.24) is 0 Å². The molecule has 0 aliphatic carbocycles. The van der Waals surface area contributed by atoms with Gasteiger partial charge in [-0.1, -0.05) is 12.1 Å². The summed E-state index contributed by atoms with van der Waals surface area (Å²) in [6.07, 6.45) is 0.933. The number of benzene rings is 2. The standard InChI is InChI=1S/C15H14FNO3S/c1-21(18,19)12-5-2-10(3-6-12)15-9-17-13-8-11(16)4-7-14(13)20-15/h2-8,15,17H,9H2,1H3. The lowest BCUT2D eigenvalue weighted by molar-refractivity contribution is 0.210. The van der Waals surface area contributed by atoms with Crippen molar-refractivity contribution < 1.29 is 17.5 Å². The first kappa shape index (κ1) is 13.9. The first-order valence-corrected chi connectivity index (χ1v) is 8.33. The van der Waals surface area contributed by atoms with Gasteiger partial charge in [0.1, 0.15) is 17.7 Å². The van der Waals surface area contributed by atoms with Crippen molar-refractivity contribution in [2.45, 2.75) is 11.0 Å². The van der Waals surface area contributed by atoms with Gasteiger partial charge < -0.3 is 10.1 Å². The quantitative estimate of drug-likeness (QED) is 0.927. The molecule has 1 heterocycles. The van der Waals surface area contributed by atoms with Crippen LogP contribution in [-0.2, 0) is 9.84 Å². The van der Waals surface area contributed by atoms with Gasteiger partial charge in [-0.05, 0) is 29.8 Å². The zero-order valence-electron chi connectivity index (χ0n) is 11.3. The van der Waals surface area contributed by atoms with Crippen LogP contribution in [0.3, 0.4) is 0 Å². The molecule has 0 amide bonds. The second-order valence-corrected chi connectivity index (χ2v) is 6.98. The Morgan fingerprint density at radius 3 is 2.57 bits per heavy atom. The molecule has 0 radical (unpaired) electrons. The summed E-state index contributed by atoms with van der Waals surface area (Å²) in [5.74, 6) is 0.264. The molecule has 0 saturated carbocycles. The molecule has 1 N–H and O–H groups in total. The predicted molar refractivity (Wildman–Crippen MR) is 77.8 cm³/mol. The Bertz CT molecular complexity index is 772. The molecular formula is C15H14FNO3S. The molecule has 0 fully saturated rings. The number of ether oxygens (including phenoxy) is 1. The normalized spacial score (nSPS) is 17.5.